The first kappa shape index (κ1) is 20.0. The fourth-order valence-corrected chi connectivity index (χ4v) is 4.27. The van der Waals surface area contributed by atoms with Crippen molar-refractivity contribution < 1.29 is 0 Å². The Balaban J connectivity index is 1.70. The Labute approximate surface area is 166 Å². The molecule has 0 bridgehead atoms. The largest absolute Gasteiger partial charge is 0.121 e. The molecule has 0 aliphatic heterocycles. The fourth-order valence-electron chi connectivity index (χ4n) is 4.27. The molecule has 0 radical (unpaired) electrons. The molecule has 3 rings (SSSR count). The molecular weight excluding hydrogens is 324 g/mol. The average molecular weight is 361 g/mol. The molecule has 0 aromatic heterocycles. The zero-order chi connectivity index (χ0) is 18.6. The fraction of sp³-hybridized carbons (Fsp3) is 0.519. The number of hydrogen-bond acceptors (Lipinski definition) is 0. The molecule has 0 nitrogen and oxygen atoms in total. The van der Waals surface area contributed by atoms with Gasteiger partial charge in [-0.25, -0.2) is 0 Å². The summed E-state index contributed by atoms with van der Waals surface area (Å²) in [4.78, 5) is 0. The van der Waals surface area contributed by atoms with E-state index in [1.165, 1.54) is 112 Å². The van der Waals surface area contributed by atoms with E-state index >= 15 is 0 Å². The third-order valence-electron chi connectivity index (χ3n) is 5.96. The predicted octanol–water partition coefficient (Wildman–Crippen LogP) is 8.85. The summed E-state index contributed by atoms with van der Waals surface area (Å²) in [6.45, 7) is 0. The maximum absolute atomic E-state index is 3.71. The molecule has 144 valence electrons. The van der Waals surface area contributed by atoms with Crippen molar-refractivity contribution in [3.05, 3.63) is 59.3 Å². The van der Waals surface area contributed by atoms with Crippen molar-refractivity contribution in [2.45, 2.75) is 89.9 Å². The molecule has 2 aromatic rings. The molecule has 0 heterocycles. The van der Waals surface area contributed by atoms with Crippen LogP contribution in [0.15, 0.2) is 53.8 Å². The second-order valence-corrected chi connectivity index (χ2v) is 8.20. The van der Waals surface area contributed by atoms with Crippen LogP contribution in [0.25, 0.3) is 16.8 Å². The summed E-state index contributed by atoms with van der Waals surface area (Å²) < 4.78 is 0. The zero-order valence-corrected chi connectivity index (χ0v) is 17.0. The Morgan fingerprint density at radius 3 is 1.70 bits per heavy atom. The molecule has 0 spiro atoms. The third-order valence-corrected chi connectivity index (χ3v) is 5.96. The van der Waals surface area contributed by atoms with Crippen LogP contribution >= 0.6 is 0 Å². The van der Waals surface area contributed by atoms with Gasteiger partial charge < -0.3 is 0 Å². The molecule has 1 fully saturated rings. The van der Waals surface area contributed by atoms with E-state index in [0.717, 1.165) is 0 Å². The molecule has 0 heteroatoms. The SMILES string of the molecule is C(=Cc1cccc2ccccc12)=C1CCCCCCCCCCCCCC1. The van der Waals surface area contributed by atoms with E-state index in [2.05, 4.69) is 54.3 Å². The van der Waals surface area contributed by atoms with Gasteiger partial charge in [0.2, 0.25) is 0 Å². The second kappa shape index (κ2) is 11.8. The van der Waals surface area contributed by atoms with Crippen molar-refractivity contribution >= 4 is 16.8 Å². The first-order chi connectivity index (χ1) is 13.4. The molecule has 2 aromatic carbocycles. The number of benzene rings is 2. The summed E-state index contributed by atoms with van der Waals surface area (Å²) in [6, 6.07) is 15.3. The minimum atomic E-state index is 1.24. The van der Waals surface area contributed by atoms with Gasteiger partial charge in [-0.1, -0.05) is 107 Å². The Hall–Kier alpha value is -1.78. The molecule has 0 atom stereocenters. The van der Waals surface area contributed by atoms with Gasteiger partial charge in [-0.15, -0.1) is 5.73 Å². The van der Waals surface area contributed by atoms with E-state index in [1.54, 1.807) is 0 Å². The van der Waals surface area contributed by atoms with Gasteiger partial charge in [0.15, 0.2) is 0 Å². The van der Waals surface area contributed by atoms with Crippen LogP contribution in [0.2, 0.25) is 0 Å². The van der Waals surface area contributed by atoms with Gasteiger partial charge in [0.05, 0.1) is 0 Å². The van der Waals surface area contributed by atoms with Crippen molar-refractivity contribution in [3.63, 3.8) is 0 Å². The van der Waals surface area contributed by atoms with Crippen LogP contribution in [0.4, 0.5) is 0 Å². The summed E-state index contributed by atoms with van der Waals surface area (Å²) in [7, 11) is 0. The second-order valence-electron chi connectivity index (χ2n) is 8.20. The topological polar surface area (TPSA) is 0 Å². The van der Waals surface area contributed by atoms with Gasteiger partial charge in [-0.05, 0) is 53.7 Å². The van der Waals surface area contributed by atoms with E-state index in [0.29, 0.717) is 0 Å². The maximum Gasteiger partial charge on any atom is -0.0101 e. The lowest BCUT2D eigenvalue weighted by molar-refractivity contribution is 0.548. The van der Waals surface area contributed by atoms with Gasteiger partial charge in [0, 0.05) is 0 Å². The average Bonchev–Trinajstić information content (AvgIpc) is 2.72. The van der Waals surface area contributed by atoms with Crippen LogP contribution in [0.5, 0.6) is 0 Å². The maximum atomic E-state index is 3.71. The Kier molecular flexibility index (Phi) is 8.75. The van der Waals surface area contributed by atoms with Crippen molar-refractivity contribution in [2.75, 3.05) is 0 Å². The number of allylic oxidation sites excluding steroid dienone is 1. The Morgan fingerprint density at radius 2 is 1.07 bits per heavy atom. The van der Waals surface area contributed by atoms with Crippen molar-refractivity contribution in [3.8, 4) is 0 Å². The monoisotopic (exact) mass is 360 g/mol. The molecule has 0 saturated heterocycles. The van der Waals surface area contributed by atoms with E-state index in [1.807, 2.05) is 0 Å². The summed E-state index contributed by atoms with van der Waals surface area (Å²) in [6.07, 6.45) is 21.7. The van der Waals surface area contributed by atoms with Crippen LogP contribution < -0.4 is 0 Å². The lowest BCUT2D eigenvalue weighted by atomic mass is 9.99. The van der Waals surface area contributed by atoms with Crippen LogP contribution in [0.3, 0.4) is 0 Å². The lowest BCUT2D eigenvalue weighted by Crippen LogP contribution is -1.86. The molecular formula is C27H36. The van der Waals surface area contributed by atoms with E-state index in [-0.39, 0.29) is 0 Å². The van der Waals surface area contributed by atoms with Crippen LogP contribution in [-0.4, -0.2) is 0 Å². The van der Waals surface area contributed by atoms with Gasteiger partial charge in [0.25, 0.3) is 0 Å². The van der Waals surface area contributed by atoms with E-state index in [9.17, 15) is 0 Å². The zero-order valence-electron chi connectivity index (χ0n) is 17.0. The highest BCUT2D eigenvalue weighted by Crippen LogP contribution is 2.22. The quantitative estimate of drug-likeness (QED) is 0.445. The number of hydrogen-bond donors (Lipinski definition) is 0. The van der Waals surface area contributed by atoms with Crippen LogP contribution in [0, 0.1) is 0 Å². The Morgan fingerprint density at radius 1 is 0.556 bits per heavy atom. The summed E-state index contributed by atoms with van der Waals surface area (Å²) in [5, 5.41) is 2.66. The smallest absolute Gasteiger partial charge is 0.0101 e. The molecule has 0 amide bonds. The van der Waals surface area contributed by atoms with Crippen LogP contribution in [-0.2, 0) is 0 Å². The number of fused-ring (bicyclic) bond motifs is 1. The molecule has 0 N–H and O–H groups in total. The summed E-state index contributed by atoms with van der Waals surface area (Å²) >= 11 is 0. The molecule has 1 aliphatic rings. The van der Waals surface area contributed by atoms with Crippen molar-refractivity contribution in [1.82, 2.24) is 0 Å². The minimum Gasteiger partial charge on any atom is -0.121 e. The van der Waals surface area contributed by atoms with Gasteiger partial charge in [0.1, 0.15) is 0 Å². The highest BCUT2D eigenvalue weighted by molar-refractivity contribution is 5.90. The van der Waals surface area contributed by atoms with Crippen LogP contribution in [0.1, 0.15) is 95.5 Å². The molecule has 0 unspecified atom stereocenters. The molecule has 1 saturated carbocycles. The normalized spacial score (nSPS) is 18.3. The lowest BCUT2D eigenvalue weighted by Gasteiger charge is -2.06. The highest BCUT2D eigenvalue weighted by Gasteiger charge is 2.01. The van der Waals surface area contributed by atoms with E-state index in [4.69, 9.17) is 0 Å². The third kappa shape index (κ3) is 7.04. The molecule has 27 heavy (non-hydrogen) atoms. The van der Waals surface area contributed by atoms with Gasteiger partial charge >= 0.3 is 0 Å². The van der Waals surface area contributed by atoms with Gasteiger partial charge in [-0.3, -0.25) is 0 Å². The highest BCUT2D eigenvalue weighted by atomic mass is 14.1. The Bertz CT molecular complexity index is 722. The van der Waals surface area contributed by atoms with Gasteiger partial charge in [-0.2, -0.15) is 0 Å². The predicted molar refractivity (Wildman–Crippen MR) is 120 cm³/mol. The standard InChI is InChI=1S/C27H36/c1-2-4-6-8-10-12-17-24(16-11-9-7-5-3-1)22-23-26-20-15-19-25-18-13-14-21-27(25)26/h13-15,18-21,23H,1-12,16-17H2. The first-order valence-corrected chi connectivity index (χ1v) is 11.4. The molecule has 1 aliphatic carbocycles. The summed E-state index contributed by atoms with van der Waals surface area (Å²) in [5.41, 5.74) is 6.56. The minimum absolute atomic E-state index is 1.24. The van der Waals surface area contributed by atoms with E-state index < -0.39 is 0 Å². The number of rotatable bonds is 1. The van der Waals surface area contributed by atoms with Crippen molar-refractivity contribution in [2.24, 2.45) is 0 Å². The first-order valence-electron chi connectivity index (χ1n) is 11.4. The summed E-state index contributed by atoms with van der Waals surface area (Å²) in [5.74, 6) is 0. The van der Waals surface area contributed by atoms with Crippen molar-refractivity contribution in [1.29, 1.82) is 0 Å².